The summed E-state index contributed by atoms with van der Waals surface area (Å²) in [4.78, 5) is 0. The zero-order valence-corrected chi connectivity index (χ0v) is 10.4. The highest BCUT2D eigenvalue weighted by Gasteiger charge is 1.95. The predicted molar refractivity (Wildman–Crippen MR) is 66.2 cm³/mol. The molecule has 16 heavy (non-hydrogen) atoms. The third kappa shape index (κ3) is 6.62. The van der Waals surface area contributed by atoms with Crippen molar-refractivity contribution in [1.82, 2.24) is 10.5 Å². The highest BCUT2D eigenvalue weighted by atomic mass is 16.5. The highest BCUT2D eigenvalue weighted by Crippen LogP contribution is 2.06. The monoisotopic (exact) mass is 224 g/mol. The fraction of sp³-hybridized carbons (Fsp3) is 0.769. The minimum Gasteiger partial charge on any atom is -0.360 e. The van der Waals surface area contributed by atoms with Crippen LogP contribution in [-0.2, 0) is 6.54 Å². The first kappa shape index (κ1) is 13.2. The summed E-state index contributed by atoms with van der Waals surface area (Å²) < 4.78 is 4.99. The van der Waals surface area contributed by atoms with E-state index < -0.39 is 0 Å². The highest BCUT2D eigenvalue weighted by molar-refractivity contribution is 4.91. The van der Waals surface area contributed by atoms with Crippen molar-refractivity contribution in [3.8, 4) is 0 Å². The molecule has 0 amide bonds. The quantitative estimate of drug-likeness (QED) is 0.618. The Balaban J connectivity index is 1.78. The van der Waals surface area contributed by atoms with Crippen molar-refractivity contribution in [3.63, 3.8) is 0 Å². The molecule has 0 bridgehead atoms. The minimum atomic E-state index is 0.801. The van der Waals surface area contributed by atoms with Crippen LogP contribution in [0.1, 0.15) is 57.6 Å². The lowest BCUT2D eigenvalue weighted by Gasteiger charge is -2.02. The van der Waals surface area contributed by atoms with E-state index >= 15 is 0 Å². The molecule has 0 radical (unpaired) electrons. The van der Waals surface area contributed by atoms with Gasteiger partial charge in [-0.1, -0.05) is 50.6 Å². The topological polar surface area (TPSA) is 38.1 Å². The Morgan fingerprint density at radius 1 is 1.12 bits per heavy atom. The molecule has 1 aromatic rings. The molecule has 0 aliphatic carbocycles. The van der Waals surface area contributed by atoms with Gasteiger partial charge in [0.2, 0.25) is 0 Å². The van der Waals surface area contributed by atoms with Crippen LogP contribution in [0, 0.1) is 0 Å². The van der Waals surface area contributed by atoms with Crippen LogP contribution < -0.4 is 5.32 Å². The summed E-state index contributed by atoms with van der Waals surface area (Å²) in [5.74, 6) is 0.919. The molecule has 0 spiro atoms. The van der Waals surface area contributed by atoms with Gasteiger partial charge in [0.15, 0.2) is 0 Å². The van der Waals surface area contributed by atoms with Crippen molar-refractivity contribution in [2.75, 3.05) is 6.54 Å². The lowest BCUT2D eigenvalue weighted by Crippen LogP contribution is -2.14. The Morgan fingerprint density at radius 3 is 2.56 bits per heavy atom. The Labute approximate surface area is 98.6 Å². The first-order valence-electron chi connectivity index (χ1n) is 6.53. The van der Waals surface area contributed by atoms with Crippen molar-refractivity contribution in [2.45, 2.75) is 58.4 Å². The maximum absolute atomic E-state index is 4.99. The second-order valence-corrected chi connectivity index (χ2v) is 4.28. The first-order valence-corrected chi connectivity index (χ1v) is 6.53. The van der Waals surface area contributed by atoms with Gasteiger partial charge in [-0.3, -0.25) is 0 Å². The van der Waals surface area contributed by atoms with Crippen LogP contribution in [-0.4, -0.2) is 11.7 Å². The van der Waals surface area contributed by atoms with Crippen molar-refractivity contribution < 1.29 is 4.52 Å². The number of unbranched alkanes of at least 4 members (excludes halogenated alkanes) is 6. The van der Waals surface area contributed by atoms with Crippen molar-refractivity contribution in [1.29, 1.82) is 0 Å². The van der Waals surface area contributed by atoms with E-state index in [9.17, 15) is 0 Å². The third-order valence-corrected chi connectivity index (χ3v) is 2.75. The SMILES string of the molecule is CCCCCCCCCNCc1ccno1. The zero-order chi connectivity index (χ0) is 11.5. The van der Waals surface area contributed by atoms with Gasteiger partial charge < -0.3 is 9.84 Å². The molecule has 0 aliphatic rings. The number of aromatic nitrogens is 1. The summed E-state index contributed by atoms with van der Waals surface area (Å²) in [6, 6.07) is 1.90. The van der Waals surface area contributed by atoms with E-state index in [1.807, 2.05) is 6.07 Å². The van der Waals surface area contributed by atoms with Gasteiger partial charge in [0.1, 0.15) is 5.76 Å². The molecule has 1 aromatic heterocycles. The molecule has 0 saturated carbocycles. The number of nitrogens with zero attached hydrogens (tertiary/aromatic N) is 1. The van der Waals surface area contributed by atoms with E-state index in [1.54, 1.807) is 6.20 Å². The van der Waals surface area contributed by atoms with Crippen LogP contribution in [0.25, 0.3) is 0 Å². The molecule has 0 aliphatic heterocycles. The van der Waals surface area contributed by atoms with Crippen molar-refractivity contribution in [3.05, 3.63) is 18.0 Å². The van der Waals surface area contributed by atoms with Gasteiger partial charge in [-0.2, -0.15) is 0 Å². The summed E-state index contributed by atoms with van der Waals surface area (Å²) in [7, 11) is 0. The molecule has 0 unspecified atom stereocenters. The van der Waals surface area contributed by atoms with Crippen molar-refractivity contribution >= 4 is 0 Å². The first-order chi connectivity index (χ1) is 7.93. The molecule has 0 saturated heterocycles. The van der Waals surface area contributed by atoms with E-state index in [4.69, 9.17) is 4.52 Å². The Hall–Kier alpha value is -0.830. The second kappa shape index (κ2) is 9.40. The Kier molecular flexibility index (Phi) is 7.78. The van der Waals surface area contributed by atoms with Gasteiger partial charge in [0, 0.05) is 6.07 Å². The molecule has 1 N–H and O–H groups in total. The molecular formula is C13H24N2O. The van der Waals surface area contributed by atoms with Crippen LogP contribution in [0.2, 0.25) is 0 Å². The van der Waals surface area contributed by atoms with Crippen LogP contribution in [0.4, 0.5) is 0 Å². The van der Waals surface area contributed by atoms with Crippen LogP contribution in [0.3, 0.4) is 0 Å². The van der Waals surface area contributed by atoms with E-state index in [2.05, 4.69) is 17.4 Å². The predicted octanol–water partition coefficient (Wildman–Crippen LogP) is 3.51. The maximum atomic E-state index is 4.99. The van der Waals surface area contributed by atoms with Gasteiger partial charge in [-0.25, -0.2) is 0 Å². The molecule has 1 rings (SSSR count). The standard InChI is InChI=1S/C13H24N2O/c1-2-3-4-5-6-7-8-10-14-12-13-9-11-15-16-13/h9,11,14H,2-8,10,12H2,1H3. The summed E-state index contributed by atoms with van der Waals surface area (Å²) in [5, 5.41) is 7.02. The molecule has 3 nitrogen and oxygen atoms in total. The van der Waals surface area contributed by atoms with Gasteiger partial charge in [-0.05, 0) is 13.0 Å². The van der Waals surface area contributed by atoms with E-state index in [0.29, 0.717) is 0 Å². The summed E-state index contributed by atoms with van der Waals surface area (Å²) in [5.41, 5.74) is 0. The smallest absolute Gasteiger partial charge is 0.150 e. The summed E-state index contributed by atoms with van der Waals surface area (Å²) in [6.45, 7) is 4.14. The van der Waals surface area contributed by atoms with Gasteiger partial charge >= 0.3 is 0 Å². The molecular weight excluding hydrogens is 200 g/mol. The lowest BCUT2D eigenvalue weighted by molar-refractivity contribution is 0.372. The summed E-state index contributed by atoms with van der Waals surface area (Å²) >= 11 is 0. The molecule has 0 aromatic carbocycles. The molecule has 1 heterocycles. The number of rotatable bonds is 10. The van der Waals surface area contributed by atoms with Gasteiger partial charge in [-0.15, -0.1) is 0 Å². The zero-order valence-electron chi connectivity index (χ0n) is 10.4. The lowest BCUT2D eigenvalue weighted by atomic mass is 10.1. The maximum Gasteiger partial charge on any atom is 0.150 e. The van der Waals surface area contributed by atoms with Crippen molar-refractivity contribution in [2.24, 2.45) is 0 Å². The molecule has 3 heteroatoms. The fourth-order valence-corrected chi connectivity index (χ4v) is 1.75. The van der Waals surface area contributed by atoms with Crippen LogP contribution in [0.5, 0.6) is 0 Å². The van der Waals surface area contributed by atoms with Crippen LogP contribution in [0.15, 0.2) is 16.8 Å². The van der Waals surface area contributed by atoms with Gasteiger partial charge in [0.05, 0.1) is 12.7 Å². The average Bonchev–Trinajstić information content (AvgIpc) is 2.80. The number of hydrogen-bond donors (Lipinski definition) is 1. The van der Waals surface area contributed by atoms with E-state index in [-0.39, 0.29) is 0 Å². The molecule has 92 valence electrons. The number of nitrogens with one attached hydrogen (secondary N) is 1. The van der Waals surface area contributed by atoms with Gasteiger partial charge in [0.25, 0.3) is 0 Å². The molecule has 0 atom stereocenters. The fourth-order valence-electron chi connectivity index (χ4n) is 1.75. The second-order valence-electron chi connectivity index (χ2n) is 4.28. The largest absolute Gasteiger partial charge is 0.360 e. The summed E-state index contributed by atoms with van der Waals surface area (Å²) in [6.07, 6.45) is 11.2. The Morgan fingerprint density at radius 2 is 1.88 bits per heavy atom. The minimum absolute atomic E-state index is 0.801. The third-order valence-electron chi connectivity index (χ3n) is 2.75. The molecule has 0 fully saturated rings. The van der Waals surface area contributed by atoms with Crippen LogP contribution >= 0.6 is 0 Å². The van der Waals surface area contributed by atoms with E-state index in [1.165, 1.54) is 44.9 Å². The van der Waals surface area contributed by atoms with E-state index in [0.717, 1.165) is 18.8 Å². The average molecular weight is 224 g/mol. The normalized spacial score (nSPS) is 10.8. The Bertz CT molecular complexity index is 234. The number of hydrogen-bond acceptors (Lipinski definition) is 3.